The first-order valence-electron chi connectivity index (χ1n) is 8.03. The fourth-order valence-electron chi connectivity index (χ4n) is 2.77. The van der Waals surface area contributed by atoms with Crippen LogP contribution in [0.5, 0.6) is 5.75 Å². The van der Waals surface area contributed by atoms with Gasteiger partial charge in [0.2, 0.25) is 0 Å². The zero-order chi connectivity index (χ0) is 17.9. The van der Waals surface area contributed by atoms with E-state index in [0.29, 0.717) is 11.4 Å². The second-order valence-corrected chi connectivity index (χ2v) is 5.93. The number of hydrogen-bond donors (Lipinski definition) is 0. The Kier molecular flexibility index (Phi) is 4.88. The lowest BCUT2D eigenvalue weighted by Gasteiger charge is -2.21. The van der Waals surface area contributed by atoms with Crippen LogP contribution >= 0.6 is 0 Å². The van der Waals surface area contributed by atoms with Crippen LogP contribution in [0.4, 0.5) is 19.3 Å². The molecule has 1 unspecified atom stereocenters. The van der Waals surface area contributed by atoms with E-state index in [2.05, 4.69) is 0 Å². The number of cyclic esters (lactones) is 1. The number of anilines is 1. The summed E-state index contributed by atoms with van der Waals surface area (Å²) in [5, 5.41) is 0. The van der Waals surface area contributed by atoms with Crippen molar-refractivity contribution in [3.8, 4) is 5.75 Å². The molecule has 3 rings (SSSR count). The molecule has 0 bridgehead atoms. The third kappa shape index (κ3) is 3.90. The van der Waals surface area contributed by atoms with E-state index < -0.39 is 18.1 Å². The fraction of sp³-hybridized carbons (Fsp3) is 0.316. The minimum atomic E-state index is -3.09. The number of hydrogen-bond acceptors (Lipinski definition) is 3. The van der Waals surface area contributed by atoms with Crippen molar-refractivity contribution in [3.05, 3.63) is 60.2 Å². The molecule has 25 heavy (non-hydrogen) atoms. The van der Waals surface area contributed by atoms with Gasteiger partial charge in [-0.25, -0.2) is 13.6 Å². The summed E-state index contributed by atoms with van der Waals surface area (Å²) < 4.78 is 38.9. The van der Waals surface area contributed by atoms with Crippen molar-refractivity contribution in [3.63, 3.8) is 0 Å². The molecular formula is C19H19F2NO3. The number of carbonyl (C=O) groups excluding carboxylic acids is 1. The van der Waals surface area contributed by atoms with Crippen molar-refractivity contribution in [2.75, 3.05) is 18.6 Å². The summed E-state index contributed by atoms with van der Waals surface area (Å²) in [7, 11) is 1.53. The van der Waals surface area contributed by atoms with Gasteiger partial charge in [-0.2, -0.15) is 0 Å². The molecule has 1 aliphatic heterocycles. The molecule has 0 aliphatic carbocycles. The van der Waals surface area contributed by atoms with Gasteiger partial charge < -0.3 is 9.47 Å². The van der Waals surface area contributed by atoms with E-state index in [0.717, 1.165) is 5.56 Å². The molecule has 1 atom stereocenters. The van der Waals surface area contributed by atoms with Crippen molar-refractivity contribution >= 4 is 11.8 Å². The van der Waals surface area contributed by atoms with Gasteiger partial charge in [0.25, 0.3) is 5.92 Å². The average Bonchev–Trinajstić information content (AvgIpc) is 3.04. The van der Waals surface area contributed by atoms with Crippen molar-refractivity contribution < 1.29 is 23.0 Å². The van der Waals surface area contributed by atoms with E-state index in [1.165, 1.54) is 12.0 Å². The van der Waals surface area contributed by atoms with Gasteiger partial charge in [0.15, 0.2) is 6.10 Å². The second kappa shape index (κ2) is 7.09. The van der Waals surface area contributed by atoms with Crippen molar-refractivity contribution in [2.45, 2.75) is 24.9 Å². The lowest BCUT2D eigenvalue weighted by atomic mass is 10.0. The van der Waals surface area contributed by atoms with Crippen LogP contribution in [0.2, 0.25) is 0 Å². The summed E-state index contributed by atoms with van der Waals surface area (Å²) >= 11 is 0. The van der Waals surface area contributed by atoms with Gasteiger partial charge in [-0.1, -0.05) is 30.3 Å². The zero-order valence-corrected chi connectivity index (χ0v) is 13.8. The lowest BCUT2D eigenvalue weighted by Crippen LogP contribution is -2.37. The Morgan fingerprint density at radius 2 is 1.84 bits per heavy atom. The number of benzene rings is 2. The summed E-state index contributed by atoms with van der Waals surface area (Å²) in [6.45, 7) is -0.174. The number of aryl methyl sites for hydroxylation is 1. The van der Waals surface area contributed by atoms with Crippen LogP contribution in [0.3, 0.4) is 0 Å². The molecule has 2 aromatic rings. The van der Waals surface area contributed by atoms with Gasteiger partial charge in [0, 0.05) is 12.1 Å². The Bertz CT molecular complexity index is 719. The Labute approximate surface area is 145 Å². The third-order valence-electron chi connectivity index (χ3n) is 4.26. The second-order valence-electron chi connectivity index (χ2n) is 5.93. The fourth-order valence-corrected chi connectivity index (χ4v) is 2.77. The molecule has 1 fully saturated rings. The van der Waals surface area contributed by atoms with E-state index in [4.69, 9.17) is 9.47 Å². The first kappa shape index (κ1) is 17.2. The highest BCUT2D eigenvalue weighted by Crippen LogP contribution is 2.34. The molecule has 1 aliphatic rings. The normalized spacial score (nSPS) is 17.5. The summed E-state index contributed by atoms with van der Waals surface area (Å²) in [5.74, 6) is -2.46. The lowest BCUT2D eigenvalue weighted by molar-refractivity contribution is -0.0975. The van der Waals surface area contributed by atoms with Crippen LogP contribution in [0, 0.1) is 0 Å². The maximum absolute atomic E-state index is 14.5. The topological polar surface area (TPSA) is 38.8 Å². The number of amides is 1. The quantitative estimate of drug-likeness (QED) is 0.782. The molecule has 6 heteroatoms. The van der Waals surface area contributed by atoms with Gasteiger partial charge in [-0.15, -0.1) is 0 Å². The smallest absolute Gasteiger partial charge is 0.414 e. The number of rotatable bonds is 6. The Morgan fingerprint density at radius 3 is 2.48 bits per heavy atom. The molecule has 1 amide bonds. The molecule has 0 aromatic heterocycles. The number of halogens is 2. The highest BCUT2D eigenvalue weighted by atomic mass is 19.3. The zero-order valence-electron chi connectivity index (χ0n) is 13.8. The summed E-state index contributed by atoms with van der Waals surface area (Å²) in [4.78, 5) is 13.2. The van der Waals surface area contributed by atoms with E-state index in [1.54, 1.807) is 36.4 Å². The summed E-state index contributed by atoms with van der Waals surface area (Å²) in [6, 6.07) is 15.7. The van der Waals surface area contributed by atoms with Gasteiger partial charge in [-0.3, -0.25) is 4.90 Å². The van der Waals surface area contributed by atoms with Gasteiger partial charge in [0.1, 0.15) is 5.75 Å². The van der Waals surface area contributed by atoms with Crippen LogP contribution in [-0.4, -0.2) is 31.8 Å². The highest BCUT2D eigenvalue weighted by Gasteiger charge is 2.48. The minimum absolute atomic E-state index is 0.174. The standard InChI is InChI=1S/C19H19F2NO3/c1-24-16-9-7-15(8-10-16)22-13-17(25-18(22)23)19(20,21)12-11-14-5-3-2-4-6-14/h2-10,17H,11-13H2,1H3. The Hall–Kier alpha value is -2.63. The molecule has 0 radical (unpaired) electrons. The molecule has 132 valence electrons. The van der Waals surface area contributed by atoms with Gasteiger partial charge in [0.05, 0.1) is 13.7 Å². The molecule has 1 saturated heterocycles. The van der Waals surface area contributed by atoms with E-state index in [9.17, 15) is 13.6 Å². The average molecular weight is 347 g/mol. The van der Waals surface area contributed by atoms with E-state index in [1.807, 2.05) is 18.2 Å². The molecule has 1 heterocycles. The van der Waals surface area contributed by atoms with Gasteiger partial charge >= 0.3 is 6.09 Å². The van der Waals surface area contributed by atoms with Crippen LogP contribution in [-0.2, 0) is 11.2 Å². The molecule has 0 N–H and O–H groups in total. The maximum atomic E-state index is 14.5. The van der Waals surface area contributed by atoms with E-state index >= 15 is 0 Å². The highest BCUT2D eigenvalue weighted by molar-refractivity contribution is 5.89. The molecule has 2 aromatic carbocycles. The van der Waals surface area contributed by atoms with Crippen LogP contribution < -0.4 is 9.64 Å². The first-order chi connectivity index (χ1) is 12.0. The molecule has 0 saturated carbocycles. The van der Waals surface area contributed by atoms with Crippen LogP contribution in [0.25, 0.3) is 0 Å². The predicted molar refractivity (Wildman–Crippen MR) is 90.3 cm³/mol. The Morgan fingerprint density at radius 1 is 1.16 bits per heavy atom. The number of methoxy groups -OCH3 is 1. The molecule has 4 nitrogen and oxygen atoms in total. The summed E-state index contributed by atoms with van der Waals surface area (Å²) in [6.07, 6.45) is -2.35. The number of ether oxygens (including phenoxy) is 2. The maximum Gasteiger partial charge on any atom is 0.414 e. The predicted octanol–water partition coefficient (Wildman–Crippen LogP) is 4.29. The number of nitrogens with zero attached hydrogens (tertiary/aromatic N) is 1. The van der Waals surface area contributed by atoms with Crippen molar-refractivity contribution in [2.24, 2.45) is 0 Å². The largest absolute Gasteiger partial charge is 0.497 e. The minimum Gasteiger partial charge on any atom is -0.497 e. The first-order valence-corrected chi connectivity index (χ1v) is 8.03. The van der Waals surface area contributed by atoms with Crippen molar-refractivity contribution in [1.82, 2.24) is 0 Å². The summed E-state index contributed by atoms with van der Waals surface area (Å²) in [5.41, 5.74) is 1.34. The third-order valence-corrected chi connectivity index (χ3v) is 4.26. The number of carbonyl (C=O) groups is 1. The van der Waals surface area contributed by atoms with Crippen LogP contribution in [0.1, 0.15) is 12.0 Å². The van der Waals surface area contributed by atoms with Crippen molar-refractivity contribution in [1.29, 1.82) is 0 Å². The monoisotopic (exact) mass is 347 g/mol. The van der Waals surface area contributed by atoms with E-state index in [-0.39, 0.29) is 19.4 Å². The van der Waals surface area contributed by atoms with Crippen LogP contribution in [0.15, 0.2) is 54.6 Å². The van der Waals surface area contributed by atoms with Gasteiger partial charge in [-0.05, 0) is 36.2 Å². The SMILES string of the molecule is COc1ccc(N2CC(C(F)(F)CCc3ccccc3)OC2=O)cc1. The Balaban J connectivity index is 1.65. The molecular weight excluding hydrogens is 328 g/mol. The number of alkyl halides is 2. The molecule has 0 spiro atoms.